The molecule has 0 spiro atoms. The summed E-state index contributed by atoms with van der Waals surface area (Å²) < 4.78 is 38.1. The van der Waals surface area contributed by atoms with E-state index in [-0.39, 0.29) is 12.2 Å². The zero-order valence-corrected chi connectivity index (χ0v) is 9.94. The van der Waals surface area contributed by atoms with Crippen molar-refractivity contribution in [1.82, 2.24) is 5.32 Å². The van der Waals surface area contributed by atoms with Gasteiger partial charge in [-0.05, 0) is 6.07 Å². The Morgan fingerprint density at radius 3 is 2.79 bits per heavy atom. The first-order chi connectivity index (χ1) is 9.07. The maximum Gasteiger partial charge on any atom is 0.416 e. The molecule has 1 aliphatic heterocycles. The summed E-state index contributed by atoms with van der Waals surface area (Å²) in [5.74, 6) is 0. The lowest BCUT2D eigenvalue weighted by Gasteiger charge is -2.12. The van der Waals surface area contributed by atoms with Crippen molar-refractivity contribution >= 4 is 12.1 Å². The number of hydrogen-bond donors (Lipinski definition) is 1. The van der Waals surface area contributed by atoms with Crippen LogP contribution in [0, 0.1) is 0 Å². The first-order valence-corrected chi connectivity index (χ1v) is 5.62. The Morgan fingerprint density at radius 1 is 1.32 bits per heavy atom. The Morgan fingerprint density at radius 2 is 2.11 bits per heavy atom. The predicted molar refractivity (Wildman–Crippen MR) is 65.0 cm³/mol. The van der Waals surface area contributed by atoms with Crippen LogP contribution in [-0.4, -0.2) is 25.1 Å². The van der Waals surface area contributed by atoms with Gasteiger partial charge in [-0.3, -0.25) is 4.99 Å². The number of alkyl halides is 3. The average molecular weight is 271 g/mol. The maximum absolute atomic E-state index is 12.7. The minimum atomic E-state index is -4.39. The Hall–Kier alpha value is -2.05. The van der Waals surface area contributed by atoms with Gasteiger partial charge in [-0.25, -0.2) is 0 Å². The van der Waals surface area contributed by atoms with Gasteiger partial charge >= 0.3 is 6.18 Å². The summed E-state index contributed by atoms with van der Waals surface area (Å²) in [5, 5.41) is 6.61. The van der Waals surface area contributed by atoms with Gasteiger partial charge < -0.3 is 10.2 Å². The van der Waals surface area contributed by atoms with Gasteiger partial charge in [-0.2, -0.15) is 13.2 Å². The third kappa shape index (κ3) is 3.70. The van der Waals surface area contributed by atoms with E-state index in [0.29, 0.717) is 18.8 Å². The fourth-order valence-corrected chi connectivity index (χ4v) is 1.61. The predicted octanol–water partition coefficient (Wildman–Crippen LogP) is 2.21. The third-order valence-corrected chi connectivity index (χ3v) is 2.50. The van der Waals surface area contributed by atoms with E-state index in [0.717, 1.165) is 6.07 Å². The summed E-state index contributed by atoms with van der Waals surface area (Å²) in [5.41, 5.74) is 0.00796. The standard InChI is InChI=1S/C12H12F3N3O/c13-12(14,15)11-4-2-1-3-9(11)7-19-18-10-5-16-8-17-6-10/h1-4,8H,5-7H2,(H,16,17). The Balaban J connectivity index is 2.02. The van der Waals surface area contributed by atoms with Crippen molar-refractivity contribution < 1.29 is 18.0 Å². The molecule has 0 saturated carbocycles. The number of benzene rings is 1. The highest BCUT2D eigenvalue weighted by Gasteiger charge is 2.32. The highest BCUT2D eigenvalue weighted by Crippen LogP contribution is 2.32. The van der Waals surface area contributed by atoms with E-state index in [1.54, 1.807) is 6.34 Å². The lowest BCUT2D eigenvalue weighted by molar-refractivity contribution is -0.138. The maximum atomic E-state index is 12.7. The van der Waals surface area contributed by atoms with Crippen LogP contribution < -0.4 is 5.32 Å². The fraction of sp³-hybridized carbons (Fsp3) is 0.333. The summed E-state index contributed by atoms with van der Waals surface area (Å²) in [7, 11) is 0. The molecular weight excluding hydrogens is 259 g/mol. The summed E-state index contributed by atoms with van der Waals surface area (Å²) in [6.45, 7) is 0.668. The third-order valence-electron chi connectivity index (χ3n) is 2.50. The number of halogens is 3. The molecule has 1 aromatic rings. The minimum absolute atomic E-state index is 0.0617. The van der Waals surface area contributed by atoms with E-state index in [1.807, 2.05) is 0 Å². The molecule has 7 heteroatoms. The Bertz CT molecular complexity index is 497. The van der Waals surface area contributed by atoms with Crippen LogP contribution in [0.3, 0.4) is 0 Å². The molecule has 19 heavy (non-hydrogen) atoms. The molecule has 4 nitrogen and oxygen atoms in total. The topological polar surface area (TPSA) is 46.0 Å². The number of hydrogen-bond acceptors (Lipinski definition) is 4. The van der Waals surface area contributed by atoms with E-state index in [9.17, 15) is 13.2 Å². The molecule has 2 rings (SSSR count). The van der Waals surface area contributed by atoms with Gasteiger partial charge in [0.1, 0.15) is 6.61 Å². The summed E-state index contributed by atoms with van der Waals surface area (Å²) in [6.07, 6.45) is -2.83. The highest BCUT2D eigenvalue weighted by molar-refractivity contribution is 5.92. The molecule has 0 aromatic heterocycles. The van der Waals surface area contributed by atoms with E-state index in [1.165, 1.54) is 18.2 Å². The van der Waals surface area contributed by atoms with Crippen LogP contribution in [-0.2, 0) is 17.6 Å². The number of oxime groups is 1. The molecule has 1 N–H and O–H groups in total. The van der Waals surface area contributed by atoms with Gasteiger partial charge in [-0.1, -0.05) is 23.4 Å². The van der Waals surface area contributed by atoms with Gasteiger partial charge in [0.05, 0.1) is 30.7 Å². The van der Waals surface area contributed by atoms with Crippen LogP contribution in [0.2, 0.25) is 0 Å². The average Bonchev–Trinajstić information content (AvgIpc) is 2.39. The molecule has 0 atom stereocenters. The molecular formula is C12H12F3N3O. The summed E-state index contributed by atoms with van der Waals surface area (Å²) in [6, 6.07) is 5.28. The zero-order valence-electron chi connectivity index (χ0n) is 9.94. The van der Waals surface area contributed by atoms with E-state index < -0.39 is 11.7 Å². The monoisotopic (exact) mass is 271 g/mol. The quantitative estimate of drug-likeness (QED) is 0.857. The van der Waals surface area contributed by atoms with Crippen LogP contribution in [0.25, 0.3) is 0 Å². The van der Waals surface area contributed by atoms with Crippen molar-refractivity contribution in [2.45, 2.75) is 12.8 Å². The van der Waals surface area contributed by atoms with Crippen molar-refractivity contribution in [3.8, 4) is 0 Å². The van der Waals surface area contributed by atoms with Crippen LogP contribution in [0.5, 0.6) is 0 Å². The van der Waals surface area contributed by atoms with Crippen LogP contribution in [0.4, 0.5) is 13.2 Å². The number of rotatable bonds is 3. The molecule has 0 aliphatic carbocycles. The molecule has 1 heterocycles. The normalized spacial score (nSPS) is 17.3. The first kappa shape index (κ1) is 13.4. The van der Waals surface area contributed by atoms with E-state index in [4.69, 9.17) is 4.84 Å². The smallest absolute Gasteiger partial charge is 0.391 e. The van der Waals surface area contributed by atoms with Gasteiger partial charge in [0, 0.05) is 5.56 Å². The molecule has 0 amide bonds. The van der Waals surface area contributed by atoms with Gasteiger partial charge in [-0.15, -0.1) is 0 Å². The molecule has 102 valence electrons. The zero-order chi connectivity index (χ0) is 13.7. The highest BCUT2D eigenvalue weighted by atomic mass is 19.4. The van der Waals surface area contributed by atoms with Gasteiger partial charge in [0.15, 0.2) is 0 Å². The Labute approximate surface area is 108 Å². The lowest BCUT2D eigenvalue weighted by atomic mass is 10.1. The van der Waals surface area contributed by atoms with Gasteiger partial charge in [0.25, 0.3) is 0 Å². The minimum Gasteiger partial charge on any atom is -0.391 e. The van der Waals surface area contributed by atoms with Gasteiger partial charge in [0.2, 0.25) is 0 Å². The van der Waals surface area contributed by atoms with Crippen molar-refractivity contribution in [2.75, 3.05) is 13.1 Å². The second-order valence-corrected chi connectivity index (χ2v) is 3.94. The molecule has 1 aromatic carbocycles. The lowest BCUT2D eigenvalue weighted by Crippen LogP contribution is -2.28. The summed E-state index contributed by atoms with van der Waals surface area (Å²) in [4.78, 5) is 8.88. The second-order valence-electron chi connectivity index (χ2n) is 3.94. The molecule has 0 unspecified atom stereocenters. The fourth-order valence-electron chi connectivity index (χ4n) is 1.61. The van der Waals surface area contributed by atoms with Crippen molar-refractivity contribution in [2.24, 2.45) is 10.1 Å². The van der Waals surface area contributed by atoms with Crippen LogP contribution in [0.1, 0.15) is 11.1 Å². The summed E-state index contributed by atoms with van der Waals surface area (Å²) >= 11 is 0. The second kappa shape index (κ2) is 5.73. The van der Waals surface area contributed by atoms with Crippen molar-refractivity contribution in [3.63, 3.8) is 0 Å². The largest absolute Gasteiger partial charge is 0.416 e. The number of nitrogens with zero attached hydrogens (tertiary/aromatic N) is 2. The molecule has 1 aliphatic rings. The van der Waals surface area contributed by atoms with E-state index in [2.05, 4.69) is 15.5 Å². The van der Waals surface area contributed by atoms with Crippen molar-refractivity contribution in [1.29, 1.82) is 0 Å². The molecule has 0 saturated heterocycles. The SMILES string of the molecule is FC(F)(F)c1ccccc1CO/N=C1/CN=CNC1. The number of aliphatic imine (C=N–C) groups is 1. The van der Waals surface area contributed by atoms with E-state index >= 15 is 0 Å². The number of nitrogens with one attached hydrogen (secondary N) is 1. The molecule has 0 fully saturated rings. The first-order valence-electron chi connectivity index (χ1n) is 5.62. The molecule has 0 radical (unpaired) electrons. The van der Waals surface area contributed by atoms with Crippen LogP contribution in [0.15, 0.2) is 34.4 Å². The van der Waals surface area contributed by atoms with Crippen LogP contribution >= 0.6 is 0 Å². The Kier molecular flexibility index (Phi) is 4.03. The van der Waals surface area contributed by atoms with Crippen molar-refractivity contribution in [3.05, 3.63) is 35.4 Å². The molecule has 0 bridgehead atoms.